The number of rotatable bonds is 3. The average molecular weight is 183 g/mol. The van der Waals surface area contributed by atoms with Crippen molar-refractivity contribution >= 4 is 5.78 Å². The lowest BCUT2D eigenvalue weighted by Crippen LogP contribution is -2.43. The SMILES string of the molecule is CCC(=O)CN1CC(C)CCC1C. The Bertz CT molecular complexity index is 179. The number of carbonyl (C=O) groups is 1. The molecular weight excluding hydrogens is 162 g/mol. The van der Waals surface area contributed by atoms with Gasteiger partial charge in [0.05, 0.1) is 6.54 Å². The second-order valence-corrected chi connectivity index (χ2v) is 4.35. The molecule has 1 fully saturated rings. The first-order valence-corrected chi connectivity index (χ1v) is 5.39. The summed E-state index contributed by atoms with van der Waals surface area (Å²) < 4.78 is 0. The van der Waals surface area contributed by atoms with Crippen molar-refractivity contribution in [2.75, 3.05) is 13.1 Å². The first-order valence-electron chi connectivity index (χ1n) is 5.39. The van der Waals surface area contributed by atoms with Crippen LogP contribution in [0.3, 0.4) is 0 Å². The van der Waals surface area contributed by atoms with Gasteiger partial charge >= 0.3 is 0 Å². The Kier molecular flexibility index (Phi) is 3.91. The Morgan fingerprint density at radius 2 is 2.08 bits per heavy atom. The largest absolute Gasteiger partial charge is 0.298 e. The summed E-state index contributed by atoms with van der Waals surface area (Å²) in [5, 5.41) is 0. The molecular formula is C11H21NO. The van der Waals surface area contributed by atoms with E-state index in [1.54, 1.807) is 0 Å². The normalized spacial score (nSPS) is 30.4. The van der Waals surface area contributed by atoms with Crippen LogP contribution in [0.4, 0.5) is 0 Å². The van der Waals surface area contributed by atoms with Crippen LogP contribution in [0.15, 0.2) is 0 Å². The van der Waals surface area contributed by atoms with Gasteiger partial charge in [-0.2, -0.15) is 0 Å². The van der Waals surface area contributed by atoms with Crippen molar-refractivity contribution in [1.82, 2.24) is 4.90 Å². The van der Waals surface area contributed by atoms with Crippen molar-refractivity contribution in [3.8, 4) is 0 Å². The van der Waals surface area contributed by atoms with Crippen LogP contribution in [-0.4, -0.2) is 29.8 Å². The molecule has 0 spiro atoms. The lowest BCUT2D eigenvalue weighted by molar-refractivity contribution is -0.120. The van der Waals surface area contributed by atoms with Crippen molar-refractivity contribution in [2.45, 2.75) is 46.1 Å². The summed E-state index contributed by atoms with van der Waals surface area (Å²) in [5.74, 6) is 1.14. The highest BCUT2D eigenvalue weighted by Gasteiger charge is 2.23. The Hall–Kier alpha value is -0.370. The molecule has 1 saturated heterocycles. The van der Waals surface area contributed by atoms with E-state index in [1.165, 1.54) is 12.8 Å². The van der Waals surface area contributed by atoms with Gasteiger partial charge in [-0.3, -0.25) is 9.69 Å². The fourth-order valence-electron chi connectivity index (χ4n) is 1.94. The molecule has 0 amide bonds. The van der Waals surface area contributed by atoms with E-state index in [1.807, 2.05) is 6.92 Å². The van der Waals surface area contributed by atoms with E-state index in [2.05, 4.69) is 18.7 Å². The van der Waals surface area contributed by atoms with Crippen LogP contribution < -0.4 is 0 Å². The fraction of sp³-hybridized carbons (Fsp3) is 0.909. The predicted octanol–water partition coefficient (Wildman–Crippen LogP) is 2.09. The molecule has 1 heterocycles. The zero-order valence-electron chi connectivity index (χ0n) is 9.05. The Morgan fingerprint density at radius 1 is 1.38 bits per heavy atom. The third kappa shape index (κ3) is 3.11. The van der Waals surface area contributed by atoms with Crippen molar-refractivity contribution in [1.29, 1.82) is 0 Å². The van der Waals surface area contributed by atoms with Crippen molar-refractivity contribution < 1.29 is 4.79 Å². The van der Waals surface area contributed by atoms with Gasteiger partial charge in [0.25, 0.3) is 0 Å². The molecule has 0 radical (unpaired) electrons. The highest BCUT2D eigenvalue weighted by molar-refractivity contribution is 5.80. The molecule has 0 saturated carbocycles. The maximum atomic E-state index is 11.3. The summed E-state index contributed by atoms with van der Waals surface area (Å²) >= 11 is 0. The third-order valence-electron chi connectivity index (χ3n) is 3.02. The zero-order valence-corrected chi connectivity index (χ0v) is 9.05. The molecule has 1 rings (SSSR count). The van der Waals surface area contributed by atoms with E-state index in [-0.39, 0.29) is 0 Å². The first kappa shape index (κ1) is 10.7. The van der Waals surface area contributed by atoms with E-state index >= 15 is 0 Å². The van der Waals surface area contributed by atoms with Crippen LogP contribution in [0.2, 0.25) is 0 Å². The Morgan fingerprint density at radius 3 is 2.69 bits per heavy atom. The minimum atomic E-state index is 0.376. The molecule has 2 atom stereocenters. The third-order valence-corrected chi connectivity index (χ3v) is 3.02. The van der Waals surface area contributed by atoms with E-state index in [0.717, 1.165) is 12.5 Å². The molecule has 1 aliphatic rings. The van der Waals surface area contributed by atoms with Crippen LogP contribution in [0.1, 0.15) is 40.0 Å². The molecule has 0 N–H and O–H groups in total. The van der Waals surface area contributed by atoms with Gasteiger partial charge in [-0.1, -0.05) is 13.8 Å². The van der Waals surface area contributed by atoms with Gasteiger partial charge in [-0.15, -0.1) is 0 Å². The van der Waals surface area contributed by atoms with Gasteiger partial charge in [0, 0.05) is 19.0 Å². The van der Waals surface area contributed by atoms with Gasteiger partial charge in [0.15, 0.2) is 0 Å². The van der Waals surface area contributed by atoms with Gasteiger partial charge in [0.2, 0.25) is 0 Å². The predicted molar refractivity (Wildman–Crippen MR) is 54.7 cm³/mol. The van der Waals surface area contributed by atoms with Gasteiger partial charge < -0.3 is 0 Å². The number of Topliss-reactive ketones (excluding diaryl/α,β-unsaturated/α-hetero) is 1. The average Bonchev–Trinajstić information content (AvgIpc) is 2.11. The zero-order chi connectivity index (χ0) is 9.84. The van der Waals surface area contributed by atoms with Crippen molar-refractivity contribution in [3.63, 3.8) is 0 Å². The maximum absolute atomic E-state index is 11.3. The molecule has 1 aliphatic heterocycles. The molecule has 0 aliphatic carbocycles. The molecule has 76 valence electrons. The number of likely N-dealkylation sites (tertiary alicyclic amines) is 1. The monoisotopic (exact) mass is 183 g/mol. The van der Waals surface area contributed by atoms with Gasteiger partial charge in [-0.05, 0) is 25.7 Å². The standard InChI is InChI=1S/C11H21NO/c1-4-11(13)8-12-7-9(2)5-6-10(12)3/h9-10H,4-8H2,1-3H3. The number of hydrogen-bond acceptors (Lipinski definition) is 2. The number of piperidine rings is 1. The molecule has 2 unspecified atom stereocenters. The second-order valence-electron chi connectivity index (χ2n) is 4.35. The Labute approximate surface area is 81.3 Å². The lowest BCUT2D eigenvalue weighted by atomic mass is 9.95. The summed E-state index contributed by atoms with van der Waals surface area (Å²) in [7, 11) is 0. The molecule has 0 aromatic carbocycles. The molecule has 13 heavy (non-hydrogen) atoms. The highest BCUT2D eigenvalue weighted by Crippen LogP contribution is 2.20. The number of carbonyl (C=O) groups excluding carboxylic acids is 1. The Balaban J connectivity index is 2.41. The van der Waals surface area contributed by atoms with E-state index in [4.69, 9.17) is 0 Å². The van der Waals surface area contributed by atoms with E-state index in [0.29, 0.717) is 24.8 Å². The summed E-state index contributed by atoms with van der Waals surface area (Å²) in [5.41, 5.74) is 0. The summed E-state index contributed by atoms with van der Waals surface area (Å²) in [6.07, 6.45) is 3.24. The second kappa shape index (κ2) is 4.75. The van der Waals surface area contributed by atoms with E-state index in [9.17, 15) is 4.79 Å². The van der Waals surface area contributed by atoms with Crippen LogP contribution in [0.5, 0.6) is 0 Å². The quantitative estimate of drug-likeness (QED) is 0.667. The van der Waals surface area contributed by atoms with Crippen LogP contribution >= 0.6 is 0 Å². The summed E-state index contributed by atoms with van der Waals surface area (Å²) in [6, 6.07) is 0.603. The molecule has 2 nitrogen and oxygen atoms in total. The van der Waals surface area contributed by atoms with E-state index < -0.39 is 0 Å². The molecule has 2 heteroatoms. The fourth-order valence-corrected chi connectivity index (χ4v) is 1.94. The minimum absolute atomic E-state index is 0.376. The van der Waals surface area contributed by atoms with Crippen molar-refractivity contribution in [3.05, 3.63) is 0 Å². The first-order chi connectivity index (χ1) is 6.13. The summed E-state index contributed by atoms with van der Waals surface area (Å²) in [4.78, 5) is 13.6. The maximum Gasteiger partial charge on any atom is 0.146 e. The van der Waals surface area contributed by atoms with Crippen LogP contribution in [0.25, 0.3) is 0 Å². The smallest absolute Gasteiger partial charge is 0.146 e. The van der Waals surface area contributed by atoms with Crippen LogP contribution in [-0.2, 0) is 4.79 Å². The molecule has 0 aromatic heterocycles. The molecule has 0 bridgehead atoms. The van der Waals surface area contributed by atoms with Crippen LogP contribution in [0, 0.1) is 5.92 Å². The van der Waals surface area contributed by atoms with Crippen molar-refractivity contribution in [2.24, 2.45) is 5.92 Å². The minimum Gasteiger partial charge on any atom is -0.298 e. The summed E-state index contributed by atoms with van der Waals surface area (Å²) in [6.45, 7) is 8.22. The van der Waals surface area contributed by atoms with Gasteiger partial charge in [-0.25, -0.2) is 0 Å². The number of nitrogens with zero attached hydrogens (tertiary/aromatic N) is 1. The number of ketones is 1. The lowest BCUT2D eigenvalue weighted by Gasteiger charge is -2.36. The topological polar surface area (TPSA) is 20.3 Å². The van der Waals surface area contributed by atoms with Gasteiger partial charge in [0.1, 0.15) is 5.78 Å². The highest BCUT2D eigenvalue weighted by atomic mass is 16.1. The molecule has 0 aromatic rings. The number of hydrogen-bond donors (Lipinski definition) is 0.